The topological polar surface area (TPSA) is 34.4 Å². The number of Topliss-reactive ketones (excluding diaryl/α,β-unsaturated/α-hetero) is 1. The fraction of sp³-hybridized carbons (Fsp3) is 0.176. The number of benzene rings is 1. The molecule has 0 radical (unpaired) electrons. The van der Waals surface area contributed by atoms with Crippen LogP contribution in [0.1, 0.15) is 18.2 Å². The largest absolute Gasteiger partial charge is 0.304 e. The molecule has 0 unspecified atom stereocenters. The number of imidazole rings is 1. The van der Waals surface area contributed by atoms with Crippen LogP contribution in [0.2, 0.25) is 0 Å². The Kier molecular flexibility index (Phi) is 3.11. The van der Waals surface area contributed by atoms with Crippen molar-refractivity contribution in [2.24, 2.45) is 0 Å². The van der Waals surface area contributed by atoms with E-state index in [1.54, 1.807) is 6.92 Å². The van der Waals surface area contributed by atoms with Crippen LogP contribution in [0, 0.1) is 6.92 Å². The molecular weight excluding hydrogens is 248 g/mol. The van der Waals surface area contributed by atoms with Crippen LogP contribution in [0.15, 0.2) is 48.7 Å². The molecule has 3 aromatic rings. The smallest absolute Gasteiger partial charge is 0.137 e. The van der Waals surface area contributed by atoms with E-state index >= 15 is 0 Å². The zero-order chi connectivity index (χ0) is 14.1. The molecule has 2 heterocycles. The minimum atomic E-state index is 0.174. The van der Waals surface area contributed by atoms with Gasteiger partial charge in [-0.05, 0) is 37.6 Å². The Morgan fingerprint density at radius 3 is 2.75 bits per heavy atom. The lowest BCUT2D eigenvalue weighted by Gasteiger charge is -2.01. The van der Waals surface area contributed by atoms with Gasteiger partial charge in [0.2, 0.25) is 0 Å². The maximum absolute atomic E-state index is 11.2. The van der Waals surface area contributed by atoms with Crippen molar-refractivity contribution in [3.63, 3.8) is 0 Å². The van der Waals surface area contributed by atoms with Crippen molar-refractivity contribution in [2.75, 3.05) is 0 Å². The molecule has 3 heteroatoms. The zero-order valence-electron chi connectivity index (χ0n) is 11.6. The van der Waals surface area contributed by atoms with Gasteiger partial charge >= 0.3 is 0 Å². The number of ketones is 1. The van der Waals surface area contributed by atoms with E-state index in [1.807, 2.05) is 42.6 Å². The minimum Gasteiger partial charge on any atom is -0.304 e. The van der Waals surface area contributed by atoms with Crippen LogP contribution < -0.4 is 0 Å². The number of nitrogens with zero attached hydrogens (tertiary/aromatic N) is 2. The first-order chi connectivity index (χ1) is 9.63. The fourth-order valence-electron chi connectivity index (χ4n) is 2.42. The lowest BCUT2D eigenvalue weighted by atomic mass is 10.0. The first-order valence-corrected chi connectivity index (χ1v) is 6.67. The summed E-state index contributed by atoms with van der Waals surface area (Å²) < 4.78 is 2.08. The standard InChI is InChI=1S/C17H16N2O/c1-12-5-3-8-17-18-16(11-19(12)17)15-7-4-6-14(10-15)9-13(2)20/h3-8,10-11H,9H2,1-2H3. The molecule has 0 aliphatic heterocycles. The Labute approximate surface area is 117 Å². The molecule has 0 saturated heterocycles. The average Bonchev–Trinajstić information content (AvgIpc) is 2.84. The number of fused-ring (bicyclic) bond motifs is 1. The summed E-state index contributed by atoms with van der Waals surface area (Å²) in [5, 5.41) is 0. The van der Waals surface area contributed by atoms with Gasteiger partial charge in [0, 0.05) is 23.9 Å². The van der Waals surface area contributed by atoms with Gasteiger partial charge < -0.3 is 4.40 Å². The van der Waals surface area contributed by atoms with Gasteiger partial charge in [0.1, 0.15) is 11.4 Å². The van der Waals surface area contributed by atoms with Crippen LogP contribution in [-0.2, 0) is 11.2 Å². The normalized spacial score (nSPS) is 10.9. The van der Waals surface area contributed by atoms with Gasteiger partial charge in [0.25, 0.3) is 0 Å². The summed E-state index contributed by atoms with van der Waals surface area (Å²) in [5.74, 6) is 0.174. The molecule has 0 aliphatic rings. The number of carbonyl (C=O) groups is 1. The quantitative estimate of drug-likeness (QED) is 0.726. The molecule has 3 rings (SSSR count). The van der Waals surface area contributed by atoms with E-state index in [1.165, 1.54) is 0 Å². The van der Waals surface area contributed by atoms with E-state index in [2.05, 4.69) is 22.4 Å². The molecule has 0 saturated carbocycles. The number of rotatable bonds is 3. The van der Waals surface area contributed by atoms with Crippen molar-refractivity contribution in [3.8, 4) is 11.3 Å². The first kappa shape index (κ1) is 12.6. The van der Waals surface area contributed by atoms with Crippen molar-refractivity contribution < 1.29 is 4.79 Å². The Balaban J connectivity index is 2.06. The Hall–Kier alpha value is -2.42. The number of aryl methyl sites for hydroxylation is 1. The van der Waals surface area contributed by atoms with Gasteiger partial charge in [-0.3, -0.25) is 4.79 Å². The van der Waals surface area contributed by atoms with Gasteiger partial charge in [0.15, 0.2) is 0 Å². The zero-order valence-corrected chi connectivity index (χ0v) is 11.6. The molecule has 20 heavy (non-hydrogen) atoms. The molecule has 0 bridgehead atoms. The van der Waals surface area contributed by atoms with Crippen molar-refractivity contribution in [2.45, 2.75) is 20.3 Å². The molecule has 1 aromatic carbocycles. The molecule has 0 atom stereocenters. The number of hydrogen-bond donors (Lipinski definition) is 0. The third-order valence-corrected chi connectivity index (χ3v) is 3.37. The van der Waals surface area contributed by atoms with Crippen molar-refractivity contribution in [1.29, 1.82) is 0 Å². The third-order valence-electron chi connectivity index (χ3n) is 3.37. The SMILES string of the molecule is CC(=O)Cc1cccc(-c2cn3c(C)cccc3n2)c1. The van der Waals surface area contributed by atoms with E-state index in [4.69, 9.17) is 0 Å². The van der Waals surface area contributed by atoms with Gasteiger partial charge in [-0.15, -0.1) is 0 Å². The summed E-state index contributed by atoms with van der Waals surface area (Å²) >= 11 is 0. The maximum Gasteiger partial charge on any atom is 0.137 e. The molecule has 0 amide bonds. The Bertz CT molecular complexity index is 787. The van der Waals surface area contributed by atoms with E-state index in [0.717, 1.165) is 28.2 Å². The van der Waals surface area contributed by atoms with E-state index < -0.39 is 0 Å². The molecule has 0 fully saturated rings. The minimum absolute atomic E-state index is 0.174. The summed E-state index contributed by atoms with van der Waals surface area (Å²) in [6, 6.07) is 14.1. The molecule has 0 aliphatic carbocycles. The van der Waals surface area contributed by atoms with Gasteiger partial charge in [-0.2, -0.15) is 0 Å². The predicted molar refractivity (Wildman–Crippen MR) is 79.8 cm³/mol. The second-order valence-corrected chi connectivity index (χ2v) is 5.10. The third kappa shape index (κ3) is 2.35. The highest BCUT2D eigenvalue weighted by molar-refractivity contribution is 5.78. The summed E-state index contributed by atoms with van der Waals surface area (Å²) in [7, 11) is 0. The lowest BCUT2D eigenvalue weighted by molar-refractivity contribution is -0.116. The van der Waals surface area contributed by atoms with E-state index in [9.17, 15) is 4.79 Å². The molecule has 0 spiro atoms. The summed E-state index contributed by atoms with van der Waals surface area (Å²) in [4.78, 5) is 15.9. The van der Waals surface area contributed by atoms with Crippen molar-refractivity contribution >= 4 is 11.4 Å². The summed E-state index contributed by atoms with van der Waals surface area (Å²) in [6.07, 6.45) is 2.51. The second kappa shape index (κ2) is 4.93. The number of carbonyl (C=O) groups excluding carboxylic acids is 1. The van der Waals surface area contributed by atoms with Crippen LogP contribution in [0.4, 0.5) is 0 Å². The Morgan fingerprint density at radius 1 is 1.20 bits per heavy atom. The summed E-state index contributed by atoms with van der Waals surface area (Å²) in [5.41, 5.74) is 5.11. The van der Waals surface area contributed by atoms with E-state index in [0.29, 0.717) is 6.42 Å². The van der Waals surface area contributed by atoms with Crippen molar-refractivity contribution in [1.82, 2.24) is 9.38 Å². The number of aromatic nitrogens is 2. The maximum atomic E-state index is 11.2. The molecule has 3 nitrogen and oxygen atoms in total. The molecule has 100 valence electrons. The lowest BCUT2D eigenvalue weighted by Crippen LogP contribution is -1.96. The monoisotopic (exact) mass is 264 g/mol. The highest BCUT2D eigenvalue weighted by atomic mass is 16.1. The van der Waals surface area contributed by atoms with Crippen LogP contribution in [0.5, 0.6) is 0 Å². The highest BCUT2D eigenvalue weighted by Gasteiger charge is 2.06. The average molecular weight is 264 g/mol. The predicted octanol–water partition coefficient (Wildman–Crippen LogP) is 3.44. The van der Waals surface area contributed by atoms with Gasteiger partial charge in [-0.1, -0.05) is 24.3 Å². The molecule has 2 aromatic heterocycles. The van der Waals surface area contributed by atoms with Crippen LogP contribution >= 0.6 is 0 Å². The van der Waals surface area contributed by atoms with Crippen LogP contribution in [0.25, 0.3) is 16.9 Å². The summed E-state index contributed by atoms with van der Waals surface area (Å²) in [6.45, 7) is 3.67. The van der Waals surface area contributed by atoms with Crippen molar-refractivity contribution in [3.05, 3.63) is 59.9 Å². The fourth-order valence-corrected chi connectivity index (χ4v) is 2.42. The van der Waals surface area contributed by atoms with Gasteiger partial charge in [-0.25, -0.2) is 4.98 Å². The molecule has 0 N–H and O–H groups in total. The van der Waals surface area contributed by atoms with Crippen LogP contribution in [0.3, 0.4) is 0 Å². The Morgan fingerprint density at radius 2 is 2.00 bits per heavy atom. The van der Waals surface area contributed by atoms with E-state index in [-0.39, 0.29) is 5.78 Å². The second-order valence-electron chi connectivity index (χ2n) is 5.10. The number of pyridine rings is 1. The first-order valence-electron chi connectivity index (χ1n) is 6.67. The highest BCUT2D eigenvalue weighted by Crippen LogP contribution is 2.21. The molecular formula is C17H16N2O. The van der Waals surface area contributed by atoms with Crippen LogP contribution in [-0.4, -0.2) is 15.2 Å². The number of hydrogen-bond acceptors (Lipinski definition) is 2. The van der Waals surface area contributed by atoms with Gasteiger partial charge in [0.05, 0.1) is 5.69 Å².